The molecule has 0 spiro atoms. The maximum Gasteiger partial charge on any atom is 0.101 e. The van der Waals surface area contributed by atoms with Gasteiger partial charge >= 0.3 is 0 Å². The highest BCUT2D eigenvalue weighted by Gasteiger charge is 2.48. The minimum absolute atomic E-state index is 0.161. The molecule has 13 heavy (non-hydrogen) atoms. The number of hydrogen-bond acceptors (Lipinski definition) is 2. The summed E-state index contributed by atoms with van der Waals surface area (Å²) in [7, 11) is 1.88. The molecule has 1 aliphatic rings. The third-order valence-corrected chi connectivity index (χ3v) is 3.32. The molecule has 1 atom stereocenters. The van der Waals surface area contributed by atoms with Gasteiger partial charge in [0.1, 0.15) is 6.10 Å². The van der Waals surface area contributed by atoms with Crippen LogP contribution in [0.5, 0.6) is 0 Å². The van der Waals surface area contributed by atoms with Crippen molar-refractivity contribution in [3.63, 3.8) is 0 Å². The summed E-state index contributed by atoms with van der Waals surface area (Å²) in [5, 5.41) is 14.2. The highest BCUT2D eigenvalue weighted by atomic mass is 16.3. The van der Waals surface area contributed by atoms with Gasteiger partial charge in [0.25, 0.3) is 0 Å². The summed E-state index contributed by atoms with van der Waals surface area (Å²) >= 11 is 0. The molecule has 1 heterocycles. The minimum atomic E-state index is -0.329. The van der Waals surface area contributed by atoms with Crippen molar-refractivity contribution in [2.24, 2.45) is 12.5 Å². The largest absolute Gasteiger partial charge is 0.386 e. The van der Waals surface area contributed by atoms with Gasteiger partial charge in [-0.2, -0.15) is 5.10 Å². The van der Waals surface area contributed by atoms with E-state index in [1.54, 1.807) is 10.9 Å². The Morgan fingerprint density at radius 3 is 2.77 bits per heavy atom. The Hall–Kier alpha value is -0.830. The first-order chi connectivity index (χ1) is 6.19. The van der Waals surface area contributed by atoms with Crippen LogP contribution in [-0.2, 0) is 7.05 Å². The summed E-state index contributed by atoms with van der Waals surface area (Å²) in [6.07, 6.45) is 4.76. The second-order valence-corrected chi connectivity index (χ2v) is 4.00. The molecule has 0 radical (unpaired) electrons. The summed E-state index contributed by atoms with van der Waals surface area (Å²) in [4.78, 5) is 0. The van der Waals surface area contributed by atoms with Crippen molar-refractivity contribution in [2.75, 3.05) is 0 Å². The van der Waals surface area contributed by atoms with E-state index in [9.17, 15) is 5.11 Å². The quantitative estimate of drug-likeness (QED) is 0.768. The predicted molar refractivity (Wildman–Crippen MR) is 50.1 cm³/mol. The molecule has 0 aromatic carbocycles. The maximum absolute atomic E-state index is 10.1. The van der Waals surface area contributed by atoms with E-state index in [1.807, 2.05) is 13.1 Å². The fraction of sp³-hybridized carbons (Fsp3) is 0.700. The molecule has 1 aromatic rings. The number of aryl methyl sites for hydroxylation is 1. The second-order valence-electron chi connectivity index (χ2n) is 4.00. The molecule has 2 rings (SSSR count). The van der Waals surface area contributed by atoms with Gasteiger partial charge in [0.2, 0.25) is 0 Å². The third kappa shape index (κ3) is 1.27. The van der Waals surface area contributed by atoms with Gasteiger partial charge in [-0.3, -0.25) is 4.68 Å². The minimum Gasteiger partial charge on any atom is -0.386 e. The summed E-state index contributed by atoms with van der Waals surface area (Å²) in [6.45, 7) is 2.15. The molecule has 1 unspecified atom stereocenters. The van der Waals surface area contributed by atoms with Gasteiger partial charge in [0, 0.05) is 18.7 Å². The van der Waals surface area contributed by atoms with Crippen LogP contribution in [0.3, 0.4) is 0 Å². The number of rotatable bonds is 3. The van der Waals surface area contributed by atoms with Crippen molar-refractivity contribution in [3.05, 3.63) is 18.0 Å². The zero-order valence-corrected chi connectivity index (χ0v) is 8.20. The zero-order valence-electron chi connectivity index (χ0n) is 8.20. The van der Waals surface area contributed by atoms with Crippen LogP contribution in [0.1, 0.15) is 38.0 Å². The molecular formula is C10H16N2O. The molecule has 0 aliphatic heterocycles. The highest BCUT2D eigenvalue weighted by Crippen LogP contribution is 2.57. The van der Waals surface area contributed by atoms with Crippen molar-refractivity contribution in [2.45, 2.75) is 32.3 Å². The molecule has 72 valence electrons. The van der Waals surface area contributed by atoms with Crippen LogP contribution in [0.15, 0.2) is 12.3 Å². The van der Waals surface area contributed by atoms with Crippen molar-refractivity contribution < 1.29 is 5.11 Å². The zero-order chi connectivity index (χ0) is 9.47. The number of hydrogen-bond donors (Lipinski definition) is 1. The maximum atomic E-state index is 10.1. The average molecular weight is 180 g/mol. The topological polar surface area (TPSA) is 38.1 Å². The Morgan fingerprint density at radius 1 is 1.69 bits per heavy atom. The average Bonchev–Trinajstić information content (AvgIpc) is 2.83. The van der Waals surface area contributed by atoms with E-state index in [2.05, 4.69) is 12.0 Å². The Morgan fingerprint density at radius 2 is 2.38 bits per heavy atom. The van der Waals surface area contributed by atoms with E-state index in [0.717, 1.165) is 25.0 Å². The van der Waals surface area contributed by atoms with E-state index in [0.29, 0.717) is 0 Å². The normalized spacial score (nSPS) is 21.5. The Kier molecular flexibility index (Phi) is 1.91. The number of aliphatic hydroxyl groups excluding tert-OH is 1. The first-order valence-electron chi connectivity index (χ1n) is 4.85. The van der Waals surface area contributed by atoms with Gasteiger partial charge in [0.05, 0.1) is 5.69 Å². The van der Waals surface area contributed by atoms with Gasteiger partial charge in [0.15, 0.2) is 0 Å². The molecule has 1 aromatic heterocycles. The molecule has 1 fully saturated rings. The molecule has 1 N–H and O–H groups in total. The van der Waals surface area contributed by atoms with Gasteiger partial charge < -0.3 is 5.11 Å². The van der Waals surface area contributed by atoms with Gasteiger partial charge in [-0.05, 0) is 25.3 Å². The molecule has 0 bridgehead atoms. The van der Waals surface area contributed by atoms with Gasteiger partial charge in [-0.15, -0.1) is 0 Å². The SMILES string of the molecule is CCC1(C(O)c2ccnn2C)CC1. The predicted octanol–water partition coefficient (Wildman–Crippen LogP) is 1.64. The summed E-state index contributed by atoms with van der Waals surface area (Å²) < 4.78 is 1.76. The molecule has 1 saturated carbocycles. The number of aliphatic hydroxyl groups is 1. The van der Waals surface area contributed by atoms with E-state index >= 15 is 0 Å². The van der Waals surface area contributed by atoms with Crippen molar-refractivity contribution >= 4 is 0 Å². The first-order valence-corrected chi connectivity index (χ1v) is 4.85. The van der Waals surface area contributed by atoms with Crippen LogP contribution < -0.4 is 0 Å². The Labute approximate surface area is 78.4 Å². The number of aromatic nitrogens is 2. The molecular weight excluding hydrogens is 164 g/mol. The Bertz CT molecular complexity index is 302. The fourth-order valence-electron chi connectivity index (χ4n) is 1.95. The van der Waals surface area contributed by atoms with Crippen LogP contribution >= 0.6 is 0 Å². The first kappa shape index (κ1) is 8.75. The second kappa shape index (κ2) is 2.84. The van der Waals surface area contributed by atoms with Crippen LogP contribution in [0, 0.1) is 5.41 Å². The Balaban J connectivity index is 2.22. The van der Waals surface area contributed by atoms with E-state index in [-0.39, 0.29) is 11.5 Å². The van der Waals surface area contributed by atoms with Crippen LogP contribution in [0.25, 0.3) is 0 Å². The number of nitrogens with zero attached hydrogens (tertiary/aromatic N) is 2. The summed E-state index contributed by atoms with van der Waals surface area (Å²) in [5.41, 5.74) is 1.10. The summed E-state index contributed by atoms with van der Waals surface area (Å²) in [6, 6.07) is 1.90. The standard InChI is InChI=1S/C10H16N2O/c1-3-10(5-6-10)9(13)8-4-7-11-12(8)2/h4,7,9,13H,3,5-6H2,1-2H3. The third-order valence-electron chi connectivity index (χ3n) is 3.32. The lowest BCUT2D eigenvalue weighted by Gasteiger charge is -2.20. The van der Waals surface area contributed by atoms with E-state index in [4.69, 9.17) is 0 Å². The molecule has 0 saturated heterocycles. The van der Waals surface area contributed by atoms with Crippen LogP contribution in [0.2, 0.25) is 0 Å². The van der Waals surface area contributed by atoms with Crippen molar-refractivity contribution in [3.8, 4) is 0 Å². The molecule has 3 nitrogen and oxygen atoms in total. The van der Waals surface area contributed by atoms with Crippen molar-refractivity contribution in [1.82, 2.24) is 9.78 Å². The molecule has 0 amide bonds. The van der Waals surface area contributed by atoms with Crippen LogP contribution in [0.4, 0.5) is 0 Å². The monoisotopic (exact) mass is 180 g/mol. The smallest absolute Gasteiger partial charge is 0.101 e. The summed E-state index contributed by atoms with van der Waals surface area (Å²) in [5.74, 6) is 0. The fourth-order valence-corrected chi connectivity index (χ4v) is 1.95. The van der Waals surface area contributed by atoms with E-state index in [1.165, 1.54) is 0 Å². The van der Waals surface area contributed by atoms with Gasteiger partial charge in [-0.25, -0.2) is 0 Å². The molecule has 1 aliphatic carbocycles. The highest BCUT2D eigenvalue weighted by molar-refractivity contribution is 5.13. The lowest BCUT2D eigenvalue weighted by Crippen LogP contribution is -2.16. The lowest BCUT2D eigenvalue weighted by molar-refractivity contribution is 0.0824. The van der Waals surface area contributed by atoms with Crippen molar-refractivity contribution in [1.29, 1.82) is 0 Å². The molecule has 3 heteroatoms. The van der Waals surface area contributed by atoms with E-state index < -0.39 is 0 Å². The van der Waals surface area contributed by atoms with Gasteiger partial charge in [-0.1, -0.05) is 6.92 Å². The lowest BCUT2D eigenvalue weighted by atomic mass is 9.94. The van der Waals surface area contributed by atoms with Crippen LogP contribution in [-0.4, -0.2) is 14.9 Å².